The van der Waals surface area contributed by atoms with E-state index in [1.165, 1.54) is 0 Å². The van der Waals surface area contributed by atoms with E-state index >= 15 is 0 Å². The average Bonchev–Trinajstić information content (AvgIpc) is 2.55. The van der Waals surface area contributed by atoms with Gasteiger partial charge >= 0.3 is 0 Å². The molecule has 0 saturated heterocycles. The van der Waals surface area contributed by atoms with Crippen LogP contribution in [0.2, 0.25) is 0 Å². The van der Waals surface area contributed by atoms with Gasteiger partial charge in [0.15, 0.2) is 5.82 Å². The van der Waals surface area contributed by atoms with Crippen LogP contribution in [0.1, 0.15) is 5.69 Å². The molecule has 6 heteroatoms. The van der Waals surface area contributed by atoms with Gasteiger partial charge in [-0.05, 0) is 7.05 Å². The Balaban J connectivity index is 2.42. The summed E-state index contributed by atoms with van der Waals surface area (Å²) in [7, 11) is 1.87. The molecule has 0 bridgehead atoms. The fourth-order valence-electron chi connectivity index (χ4n) is 1.29. The van der Waals surface area contributed by atoms with E-state index in [1.54, 1.807) is 6.33 Å². The highest BCUT2D eigenvalue weighted by atomic mass is 35.5. The maximum Gasteiger partial charge on any atom is 0.180 e. The van der Waals surface area contributed by atoms with Crippen LogP contribution in [0.5, 0.6) is 0 Å². The minimum absolute atomic E-state index is 0.419. The Morgan fingerprint density at radius 1 is 1.64 bits per heavy atom. The molecule has 1 aliphatic rings. The lowest BCUT2D eigenvalue weighted by Gasteiger charge is -2.01. The Morgan fingerprint density at radius 3 is 3.29 bits per heavy atom. The van der Waals surface area contributed by atoms with E-state index in [0.29, 0.717) is 24.1 Å². The molecule has 0 unspecified atom stereocenters. The van der Waals surface area contributed by atoms with Crippen molar-refractivity contribution in [3.63, 3.8) is 0 Å². The van der Waals surface area contributed by atoms with Crippen molar-refractivity contribution in [1.29, 1.82) is 0 Å². The first-order valence-corrected chi connectivity index (χ1v) is 4.64. The number of nitrogens with zero attached hydrogens (tertiary/aromatic N) is 3. The predicted molar refractivity (Wildman–Crippen MR) is 56.9 cm³/mol. The smallest absolute Gasteiger partial charge is 0.180 e. The summed E-state index contributed by atoms with van der Waals surface area (Å²) in [6.07, 6.45) is 1.59. The third-order valence-electron chi connectivity index (χ3n) is 1.88. The second-order valence-corrected chi connectivity index (χ2v) is 3.32. The normalized spacial score (nSPS) is 15.6. The highest BCUT2D eigenvalue weighted by Crippen LogP contribution is 2.18. The van der Waals surface area contributed by atoms with E-state index in [1.807, 2.05) is 7.05 Å². The summed E-state index contributed by atoms with van der Waals surface area (Å²) in [5.41, 5.74) is 1.74. The van der Waals surface area contributed by atoms with Crippen LogP contribution >= 0.6 is 11.6 Å². The van der Waals surface area contributed by atoms with Crippen LogP contribution < -0.4 is 5.32 Å². The third kappa shape index (κ3) is 1.69. The molecule has 14 heavy (non-hydrogen) atoms. The number of nitrogens with one attached hydrogen (secondary N) is 2. The van der Waals surface area contributed by atoms with Gasteiger partial charge < -0.3 is 10.3 Å². The standard InChI is InChI=1S/C8H10ClN5/c1-10-2-5-7-8(13-4-12-7)14-6(9)3-11-5/h4,10H,2-3H2,1H3,(H,12,13). The molecule has 2 heterocycles. The van der Waals surface area contributed by atoms with Crippen LogP contribution in [0.3, 0.4) is 0 Å². The van der Waals surface area contributed by atoms with Crippen molar-refractivity contribution in [3.8, 4) is 0 Å². The largest absolute Gasteiger partial charge is 0.342 e. The highest BCUT2D eigenvalue weighted by Gasteiger charge is 2.14. The number of aromatic nitrogens is 2. The molecule has 1 aromatic heterocycles. The topological polar surface area (TPSA) is 65.4 Å². The summed E-state index contributed by atoms with van der Waals surface area (Å²) >= 11 is 5.84. The van der Waals surface area contributed by atoms with Crippen LogP contribution in [-0.2, 0) is 0 Å². The lowest BCUT2D eigenvalue weighted by molar-refractivity contribution is 0.940. The number of H-pyrrole nitrogens is 1. The summed E-state index contributed by atoms with van der Waals surface area (Å²) in [5, 5.41) is 3.50. The fraction of sp³-hybridized carbons (Fsp3) is 0.375. The van der Waals surface area contributed by atoms with Crippen molar-refractivity contribution in [3.05, 3.63) is 12.0 Å². The molecular formula is C8H10ClN5. The monoisotopic (exact) mass is 211 g/mol. The highest BCUT2D eigenvalue weighted by molar-refractivity contribution is 6.66. The third-order valence-corrected chi connectivity index (χ3v) is 2.08. The molecule has 0 aliphatic carbocycles. The van der Waals surface area contributed by atoms with Gasteiger partial charge in [-0.15, -0.1) is 0 Å². The lowest BCUT2D eigenvalue weighted by atomic mass is 10.2. The average molecular weight is 212 g/mol. The van der Waals surface area contributed by atoms with E-state index in [9.17, 15) is 0 Å². The number of aliphatic imine (C=N–C) groups is 2. The van der Waals surface area contributed by atoms with Crippen LogP contribution in [0.4, 0.5) is 5.82 Å². The molecule has 0 amide bonds. The summed E-state index contributed by atoms with van der Waals surface area (Å²) in [4.78, 5) is 15.5. The Hall–Kier alpha value is -1.20. The second-order valence-electron chi connectivity index (χ2n) is 2.88. The van der Waals surface area contributed by atoms with Gasteiger partial charge in [-0.25, -0.2) is 9.98 Å². The summed E-state index contributed by atoms with van der Waals surface area (Å²) < 4.78 is 0. The number of likely N-dealkylation sites (N-methyl/N-ethyl adjacent to an activating group) is 1. The van der Waals surface area contributed by atoms with E-state index < -0.39 is 0 Å². The number of hydrogen-bond acceptors (Lipinski definition) is 4. The molecule has 0 radical (unpaired) electrons. The maximum atomic E-state index is 5.84. The zero-order valence-corrected chi connectivity index (χ0v) is 8.47. The van der Waals surface area contributed by atoms with Crippen LogP contribution in [0.15, 0.2) is 16.3 Å². The Kier molecular flexibility index (Phi) is 2.60. The zero-order chi connectivity index (χ0) is 9.97. The number of imidazole rings is 1. The number of aromatic amines is 1. The molecule has 0 aromatic carbocycles. The maximum absolute atomic E-state index is 5.84. The van der Waals surface area contributed by atoms with Crippen LogP contribution in [0.25, 0.3) is 0 Å². The molecule has 0 fully saturated rings. The first-order valence-electron chi connectivity index (χ1n) is 4.26. The van der Waals surface area contributed by atoms with E-state index in [2.05, 4.69) is 25.3 Å². The number of halogens is 1. The molecule has 2 N–H and O–H groups in total. The van der Waals surface area contributed by atoms with E-state index in [-0.39, 0.29) is 0 Å². The number of fused-ring (bicyclic) bond motifs is 1. The Morgan fingerprint density at radius 2 is 2.50 bits per heavy atom. The van der Waals surface area contributed by atoms with Crippen molar-refractivity contribution < 1.29 is 0 Å². The first kappa shape index (κ1) is 9.36. The quantitative estimate of drug-likeness (QED) is 0.757. The molecule has 2 rings (SSSR count). The van der Waals surface area contributed by atoms with Crippen molar-refractivity contribution >= 4 is 28.3 Å². The fourth-order valence-corrected chi connectivity index (χ4v) is 1.43. The lowest BCUT2D eigenvalue weighted by Crippen LogP contribution is -2.20. The second kappa shape index (κ2) is 3.89. The summed E-state index contributed by atoms with van der Waals surface area (Å²) in [5.74, 6) is 0.613. The number of rotatable bonds is 2. The summed E-state index contributed by atoms with van der Waals surface area (Å²) in [6.45, 7) is 1.09. The van der Waals surface area contributed by atoms with Gasteiger partial charge in [-0.3, -0.25) is 4.99 Å². The van der Waals surface area contributed by atoms with Gasteiger partial charge in [-0.2, -0.15) is 0 Å². The summed E-state index contributed by atoms with van der Waals surface area (Å²) in [6, 6.07) is 0. The Labute approximate surface area is 86.3 Å². The van der Waals surface area contributed by atoms with E-state index in [0.717, 1.165) is 11.4 Å². The van der Waals surface area contributed by atoms with Crippen molar-refractivity contribution in [2.75, 3.05) is 20.1 Å². The molecule has 0 spiro atoms. The molecule has 0 atom stereocenters. The molecule has 74 valence electrons. The van der Waals surface area contributed by atoms with Crippen molar-refractivity contribution in [1.82, 2.24) is 15.3 Å². The van der Waals surface area contributed by atoms with Crippen LogP contribution in [-0.4, -0.2) is 41.0 Å². The first-order chi connectivity index (χ1) is 6.81. The predicted octanol–water partition coefficient (Wildman–Crippen LogP) is 0.701. The van der Waals surface area contributed by atoms with Gasteiger partial charge in [0.2, 0.25) is 0 Å². The minimum Gasteiger partial charge on any atom is -0.342 e. The van der Waals surface area contributed by atoms with Gasteiger partial charge in [0.25, 0.3) is 0 Å². The van der Waals surface area contributed by atoms with Gasteiger partial charge in [-0.1, -0.05) is 11.6 Å². The van der Waals surface area contributed by atoms with E-state index in [4.69, 9.17) is 11.6 Å². The molecular weight excluding hydrogens is 202 g/mol. The molecule has 1 aliphatic heterocycles. The Bertz CT molecular complexity index is 392. The van der Waals surface area contributed by atoms with Gasteiger partial charge in [0.05, 0.1) is 18.6 Å². The number of hydrogen-bond donors (Lipinski definition) is 2. The zero-order valence-electron chi connectivity index (χ0n) is 7.71. The minimum atomic E-state index is 0.419. The van der Waals surface area contributed by atoms with Crippen molar-refractivity contribution in [2.45, 2.75) is 0 Å². The van der Waals surface area contributed by atoms with Crippen LogP contribution in [0, 0.1) is 0 Å². The molecule has 0 saturated carbocycles. The SMILES string of the molecule is CNCC1=NCC(Cl)=Nc2nc[nH]c21. The molecule has 5 nitrogen and oxygen atoms in total. The van der Waals surface area contributed by atoms with Gasteiger partial charge in [0, 0.05) is 6.54 Å². The molecule has 1 aromatic rings. The van der Waals surface area contributed by atoms with Crippen molar-refractivity contribution in [2.24, 2.45) is 9.98 Å². The van der Waals surface area contributed by atoms with Gasteiger partial charge in [0.1, 0.15) is 10.9 Å².